The van der Waals surface area contributed by atoms with Gasteiger partial charge in [0.2, 0.25) is 0 Å². The molecule has 0 saturated heterocycles. The van der Waals surface area contributed by atoms with Gasteiger partial charge in [-0.05, 0) is 30.5 Å². The van der Waals surface area contributed by atoms with Gasteiger partial charge in [-0.2, -0.15) is 0 Å². The SMILES string of the molecule is CCCC(O)(C#Cc1cccc(CN)c1)CCC. The Morgan fingerprint density at radius 1 is 1.22 bits per heavy atom. The monoisotopic (exact) mass is 245 g/mol. The van der Waals surface area contributed by atoms with Gasteiger partial charge in [-0.25, -0.2) is 0 Å². The van der Waals surface area contributed by atoms with Gasteiger partial charge in [0.05, 0.1) is 0 Å². The zero-order chi connectivity index (χ0) is 13.4. The van der Waals surface area contributed by atoms with Gasteiger partial charge in [-0.1, -0.05) is 50.7 Å². The summed E-state index contributed by atoms with van der Waals surface area (Å²) in [5, 5.41) is 10.4. The Bertz CT molecular complexity index is 422. The van der Waals surface area contributed by atoms with E-state index in [0.29, 0.717) is 6.54 Å². The molecule has 18 heavy (non-hydrogen) atoms. The second-order valence-electron chi connectivity index (χ2n) is 4.69. The lowest BCUT2D eigenvalue weighted by molar-refractivity contribution is 0.0807. The third kappa shape index (κ3) is 4.52. The number of nitrogens with two attached hydrogens (primary N) is 1. The topological polar surface area (TPSA) is 46.2 Å². The Hall–Kier alpha value is -1.30. The van der Waals surface area contributed by atoms with Crippen LogP contribution in [0.3, 0.4) is 0 Å². The molecule has 0 aromatic heterocycles. The van der Waals surface area contributed by atoms with Crippen LogP contribution in [0.5, 0.6) is 0 Å². The number of rotatable bonds is 5. The molecule has 0 aliphatic carbocycles. The first-order chi connectivity index (χ1) is 8.63. The minimum Gasteiger partial charge on any atom is -0.378 e. The zero-order valence-corrected chi connectivity index (χ0v) is 11.4. The van der Waals surface area contributed by atoms with Gasteiger partial charge in [0, 0.05) is 12.1 Å². The molecule has 0 bridgehead atoms. The van der Waals surface area contributed by atoms with Crippen LogP contribution in [0.25, 0.3) is 0 Å². The van der Waals surface area contributed by atoms with Crippen molar-refractivity contribution in [3.8, 4) is 11.8 Å². The minimum absolute atomic E-state index is 0.518. The summed E-state index contributed by atoms with van der Waals surface area (Å²) < 4.78 is 0. The quantitative estimate of drug-likeness (QED) is 0.784. The standard InChI is InChI=1S/C16H23NO/c1-3-9-16(18,10-4-2)11-8-14-6-5-7-15(12-14)13-17/h5-7,12,18H,3-4,9-10,13,17H2,1-2H3. The molecular weight excluding hydrogens is 222 g/mol. The molecule has 0 radical (unpaired) electrons. The maximum atomic E-state index is 10.4. The van der Waals surface area contributed by atoms with E-state index < -0.39 is 5.60 Å². The van der Waals surface area contributed by atoms with Crippen molar-refractivity contribution >= 4 is 0 Å². The first kappa shape index (κ1) is 14.8. The summed E-state index contributed by atoms with van der Waals surface area (Å²) in [4.78, 5) is 0. The highest BCUT2D eigenvalue weighted by Gasteiger charge is 2.21. The van der Waals surface area contributed by atoms with Crippen molar-refractivity contribution in [3.63, 3.8) is 0 Å². The fourth-order valence-electron chi connectivity index (χ4n) is 2.04. The second kappa shape index (κ2) is 7.20. The largest absolute Gasteiger partial charge is 0.378 e. The summed E-state index contributed by atoms with van der Waals surface area (Å²) in [6, 6.07) is 7.86. The maximum absolute atomic E-state index is 10.4. The first-order valence-corrected chi connectivity index (χ1v) is 6.68. The molecule has 0 aliphatic heterocycles. The van der Waals surface area contributed by atoms with Crippen molar-refractivity contribution < 1.29 is 5.11 Å². The summed E-state index contributed by atoms with van der Waals surface area (Å²) in [6.45, 7) is 4.65. The molecule has 0 atom stereocenters. The molecule has 98 valence electrons. The Morgan fingerprint density at radius 2 is 1.89 bits per heavy atom. The van der Waals surface area contributed by atoms with Crippen molar-refractivity contribution in [2.75, 3.05) is 0 Å². The van der Waals surface area contributed by atoms with Crippen molar-refractivity contribution in [2.24, 2.45) is 5.73 Å². The lowest BCUT2D eigenvalue weighted by Gasteiger charge is -2.20. The molecule has 0 amide bonds. The third-order valence-corrected chi connectivity index (χ3v) is 2.93. The van der Waals surface area contributed by atoms with E-state index in [1.165, 1.54) is 0 Å². The van der Waals surface area contributed by atoms with E-state index in [0.717, 1.165) is 36.8 Å². The second-order valence-corrected chi connectivity index (χ2v) is 4.69. The van der Waals surface area contributed by atoms with Gasteiger partial charge < -0.3 is 10.8 Å². The molecule has 1 rings (SSSR count). The summed E-state index contributed by atoms with van der Waals surface area (Å²) in [5.41, 5.74) is 6.74. The van der Waals surface area contributed by atoms with Gasteiger partial charge in [0.1, 0.15) is 5.60 Å². The summed E-state index contributed by atoms with van der Waals surface area (Å²) in [5.74, 6) is 6.10. The molecule has 0 saturated carbocycles. The Balaban J connectivity index is 2.89. The van der Waals surface area contributed by atoms with Crippen LogP contribution in [-0.4, -0.2) is 10.7 Å². The Labute approximate surface area is 110 Å². The molecule has 0 unspecified atom stereocenters. The van der Waals surface area contributed by atoms with Gasteiger partial charge in [0.15, 0.2) is 0 Å². The fourth-order valence-corrected chi connectivity index (χ4v) is 2.04. The molecule has 0 spiro atoms. The van der Waals surface area contributed by atoms with Crippen molar-refractivity contribution in [1.29, 1.82) is 0 Å². The Kier molecular flexibility index (Phi) is 5.91. The zero-order valence-electron chi connectivity index (χ0n) is 11.4. The number of hydrogen-bond acceptors (Lipinski definition) is 2. The normalized spacial score (nSPS) is 10.9. The van der Waals surface area contributed by atoms with Crippen LogP contribution in [0.2, 0.25) is 0 Å². The minimum atomic E-state index is -0.845. The summed E-state index contributed by atoms with van der Waals surface area (Å²) in [6.07, 6.45) is 3.33. The number of benzene rings is 1. The number of hydrogen-bond donors (Lipinski definition) is 2. The maximum Gasteiger partial charge on any atom is 0.125 e. The van der Waals surface area contributed by atoms with E-state index >= 15 is 0 Å². The smallest absolute Gasteiger partial charge is 0.125 e. The predicted molar refractivity (Wildman–Crippen MR) is 76.0 cm³/mol. The van der Waals surface area contributed by atoms with Crippen LogP contribution in [-0.2, 0) is 6.54 Å². The molecule has 1 aromatic rings. The predicted octanol–water partition coefficient (Wildman–Crippen LogP) is 2.83. The van der Waals surface area contributed by atoms with Crippen LogP contribution >= 0.6 is 0 Å². The van der Waals surface area contributed by atoms with Gasteiger partial charge in [0.25, 0.3) is 0 Å². The van der Waals surface area contributed by atoms with Crippen LogP contribution in [0.15, 0.2) is 24.3 Å². The fraction of sp³-hybridized carbons (Fsp3) is 0.500. The van der Waals surface area contributed by atoms with E-state index in [2.05, 4.69) is 25.7 Å². The van der Waals surface area contributed by atoms with Crippen molar-refractivity contribution in [2.45, 2.75) is 51.7 Å². The molecule has 1 aromatic carbocycles. The highest BCUT2D eigenvalue weighted by atomic mass is 16.3. The highest BCUT2D eigenvalue weighted by Crippen LogP contribution is 2.18. The van der Waals surface area contributed by atoms with Crippen LogP contribution in [0, 0.1) is 11.8 Å². The van der Waals surface area contributed by atoms with E-state index in [4.69, 9.17) is 5.73 Å². The van der Waals surface area contributed by atoms with Crippen LogP contribution < -0.4 is 5.73 Å². The first-order valence-electron chi connectivity index (χ1n) is 6.68. The van der Waals surface area contributed by atoms with Crippen molar-refractivity contribution in [3.05, 3.63) is 35.4 Å². The molecular formula is C16H23NO. The van der Waals surface area contributed by atoms with Crippen molar-refractivity contribution in [1.82, 2.24) is 0 Å². The van der Waals surface area contributed by atoms with Crippen LogP contribution in [0.4, 0.5) is 0 Å². The van der Waals surface area contributed by atoms with Gasteiger partial charge in [-0.15, -0.1) is 0 Å². The lowest BCUT2D eigenvalue weighted by Crippen LogP contribution is -2.25. The lowest BCUT2D eigenvalue weighted by atomic mass is 9.93. The summed E-state index contributed by atoms with van der Waals surface area (Å²) in [7, 11) is 0. The third-order valence-electron chi connectivity index (χ3n) is 2.93. The van der Waals surface area contributed by atoms with Gasteiger partial charge in [-0.3, -0.25) is 0 Å². The van der Waals surface area contributed by atoms with Crippen LogP contribution in [0.1, 0.15) is 50.7 Å². The molecule has 0 fully saturated rings. The van der Waals surface area contributed by atoms with Gasteiger partial charge >= 0.3 is 0 Å². The van der Waals surface area contributed by atoms with E-state index in [1.54, 1.807) is 0 Å². The van der Waals surface area contributed by atoms with E-state index in [1.807, 2.05) is 24.3 Å². The Morgan fingerprint density at radius 3 is 2.44 bits per heavy atom. The number of aliphatic hydroxyl groups is 1. The highest BCUT2D eigenvalue weighted by molar-refractivity contribution is 5.38. The average molecular weight is 245 g/mol. The van der Waals surface area contributed by atoms with E-state index in [-0.39, 0.29) is 0 Å². The van der Waals surface area contributed by atoms with E-state index in [9.17, 15) is 5.11 Å². The molecule has 2 heteroatoms. The summed E-state index contributed by atoms with van der Waals surface area (Å²) >= 11 is 0. The molecule has 0 heterocycles. The molecule has 2 nitrogen and oxygen atoms in total. The molecule has 0 aliphatic rings. The average Bonchev–Trinajstić information content (AvgIpc) is 2.37. The molecule has 3 N–H and O–H groups in total.